The number of nitrogens with one attached hydrogen (secondary N) is 1. The van der Waals surface area contributed by atoms with Gasteiger partial charge in [-0.05, 0) is 53.1 Å². The largest absolute Gasteiger partial charge is 0.493 e. The molecule has 0 radical (unpaired) electrons. The fourth-order valence-corrected chi connectivity index (χ4v) is 3.54. The second-order valence-electron chi connectivity index (χ2n) is 7.11. The standard InChI is InChI=1S/C24H20Cl2N2O5/c1-30-22-10-17(8-19(26)24(22)31-13-15-2-5-18(25)6-3-15)12-27-28-23(29)11-16-4-7-20-21(9-16)33-14-32-20/h2-10,12H,11,13-14H2,1H3,(H,28,29)/b27-12+. The monoisotopic (exact) mass is 486 g/mol. The van der Waals surface area contributed by atoms with Crippen LogP contribution in [0.3, 0.4) is 0 Å². The molecule has 0 atom stereocenters. The Hall–Kier alpha value is -3.42. The van der Waals surface area contributed by atoms with Crippen LogP contribution in [0.2, 0.25) is 10.0 Å². The highest BCUT2D eigenvalue weighted by Crippen LogP contribution is 2.36. The van der Waals surface area contributed by atoms with E-state index >= 15 is 0 Å². The average molecular weight is 487 g/mol. The number of hydrazone groups is 1. The van der Waals surface area contributed by atoms with E-state index in [1.807, 2.05) is 18.2 Å². The Bertz CT molecular complexity index is 1180. The molecule has 1 aliphatic rings. The third-order valence-corrected chi connectivity index (χ3v) is 5.29. The van der Waals surface area contributed by atoms with Crippen molar-refractivity contribution in [3.05, 3.63) is 81.3 Å². The summed E-state index contributed by atoms with van der Waals surface area (Å²) < 4.78 is 21.9. The topological polar surface area (TPSA) is 78.4 Å². The molecule has 0 fully saturated rings. The van der Waals surface area contributed by atoms with E-state index in [9.17, 15) is 4.79 Å². The van der Waals surface area contributed by atoms with Gasteiger partial charge in [-0.3, -0.25) is 4.79 Å². The molecule has 0 aromatic heterocycles. The van der Waals surface area contributed by atoms with E-state index in [1.54, 1.807) is 36.4 Å². The Balaban J connectivity index is 1.36. The summed E-state index contributed by atoms with van der Waals surface area (Å²) in [6.45, 7) is 0.489. The maximum Gasteiger partial charge on any atom is 0.244 e. The second-order valence-corrected chi connectivity index (χ2v) is 7.95. The second kappa shape index (κ2) is 10.5. The highest BCUT2D eigenvalue weighted by Gasteiger charge is 2.15. The number of benzene rings is 3. The molecule has 0 aliphatic carbocycles. The molecule has 9 heteroatoms. The number of fused-ring (bicyclic) bond motifs is 1. The number of hydrogen-bond acceptors (Lipinski definition) is 6. The normalized spacial score (nSPS) is 12.1. The number of ether oxygens (including phenoxy) is 4. The molecule has 0 saturated carbocycles. The lowest BCUT2D eigenvalue weighted by atomic mass is 10.1. The molecule has 7 nitrogen and oxygen atoms in total. The van der Waals surface area contributed by atoms with Crippen LogP contribution in [0.5, 0.6) is 23.0 Å². The van der Waals surface area contributed by atoms with Crippen molar-refractivity contribution >= 4 is 35.3 Å². The summed E-state index contributed by atoms with van der Waals surface area (Å²) in [7, 11) is 1.52. The van der Waals surface area contributed by atoms with Crippen molar-refractivity contribution in [2.24, 2.45) is 5.10 Å². The third kappa shape index (κ3) is 5.88. The van der Waals surface area contributed by atoms with Crippen LogP contribution in [0, 0.1) is 0 Å². The van der Waals surface area contributed by atoms with Gasteiger partial charge in [0.15, 0.2) is 23.0 Å². The molecule has 33 heavy (non-hydrogen) atoms. The number of methoxy groups -OCH3 is 1. The maximum absolute atomic E-state index is 12.2. The molecule has 1 aliphatic heterocycles. The van der Waals surface area contributed by atoms with E-state index in [2.05, 4.69) is 10.5 Å². The van der Waals surface area contributed by atoms with Crippen LogP contribution in [-0.4, -0.2) is 26.0 Å². The molecular weight excluding hydrogens is 467 g/mol. The number of carbonyl (C=O) groups is 1. The highest BCUT2D eigenvalue weighted by atomic mass is 35.5. The number of nitrogens with zero attached hydrogens (tertiary/aromatic N) is 1. The van der Waals surface area contributed by atoms with Crippen LogP contribution >= 0.6 is 23.2 Å². The zero-order valence-electron chi connectivity index (χ0n) is 17.6. The molecule has 0 spiro atoms. The Morgan fingerprint density at radius 1 is 1.06 bits per heavy atom. The molecule has 1 N–H and O–H groups in total. The quantitative estimate of drug-likeness (QED) is 0.357. The van der Waals surface area contributed by atoms with E-state index in [-0.39, 0.29) is 19.1 Å². The third-order valence-electron chi connectivity index (χ3n) is 4.75. The number of amides is 1. The van der Waals surface area contributed by atoms with Gasteiger partial charge in [0.1, 0.15) is 6.61 Å². The van der Waals surface area contributed by atoms with Crippen LogP contribution in [0.25, 0.3) is 0 Å². The Labute approximate surface area is 200 Å². The summed E-state index contributed by atoms with van der Waals surface area (Å²) in [6.07, 6.45) is 1.63. The minimum atomic E-state index is -0.272. The predicted molar refractivity (Wildman–Crippen MR) is 126 cm³/mol. The summed E-state index contributed by atoms with van der Waals surface area (Å²) >= 11 is 12.3. The molecule has 0 bridgehead atoms. The van der Waals surface area contributed by atoms with E-state index in [0.717, 1.165) is 11.1 Å². The Morgan fingerprint density at radius 3 is 2.61 bits per heavy atom. The average Bonchev–Trinajstić information content (AvgIpc) is 3.27. The zero-order chi connectivity index (χ0) is 23.2. The van der Waals surface area contributed by atoms with Crippen LogP contribution in [0.1, 0.15) is 16.7 Å². The van der Waals surface area contributed by atoms with Gasteiger partial charge < -0.3 is 18.9 Å². The maximum atomic E-state index is 12.2. The Morgan fingerprint density at radius 2 is 1.82 bits per heavy atom. The number of carbonyl (C=O) groups excluding carboxylic acids is 1. The van der Waals surface area contributed by atoms with E-state index in [0.29, 0.717) is 45.2 Å². The number of halogens is 2. The summed E-state index contributed by atoms with van der Waals surface area (Å²) in [6, 6.07) is 16.1. The molecule has 1 heterocycles. The van der Waals surface area contributed by atoms with Crippen molar-refractivity contribution in [1.29, 1.82) is 0 Å². The first-order valence-corrected chi connectivity index (χ1v) is 10.7. The molecule has 0 unspecified atom stereocenters. The number of hydrogen-bond donors (Lipinski definition) is 1. The van der Waals surface area contributed by atoms with Gasteiger partial charge in [-0.15, -0.1) is 0 Å². The van der Waals surface area contributed by atoms with Gasteiger partial charge >= 0.3 is 0 Å². The van der Waals surface area contributed by atoms with Crippen molar-refractivity contribution in [1.82, 2.24) is 5.43 Å². The SMILES string of the molecule is COc1cc(/C=N/NC(=O)Cc2ccc3c(c2)OCO3)cc(Cl)c1OCc1ccc(Cl)cc1. The van der Waals surface area contributed by atoms with E-state index in [4.69, 9.17) is 42.1 Å². The first-order valence-electron chi connectivity index (χ1n) is 9.97. The van der Waals surface area contributed by atoms with Crippen molar-refractivity contribution in [2.75, 3.05) is 13.9 Å². The van der Waals surface area contributed by atoms with Crippen LogP contribution in [0.4, 0.5) is 0 Å². The molecule has 0 saturated heterocycles. The van der Waals surface area contributed by atoms with E-state index in [1.165, 1.54) is 13.3 Å². The van der Waals surface area contributed by atoms with Gasteiger partial charge in [0, 0.05) is 5.02 Å². The predicted octanol–water partition coefficient (Wildman–Crippen LogP) is 5.00. The smallest absolute Gasteiger partial charge is 0.244 e. The lowest BCUT2D eigenvalue weighted by molar-refractivity contribution is -0.120. The molecule has 3 aromatic rings. The van der Waals surface area contributed by atoms with Gasteiger partial charge in [-0.25, -0.2) is 5.43 Å². The summed E-state index contributed by atoms with van der Waals surface area (Å²) in [5.41, 5.74) is 4.87. The fraction of sp³-hybridized carbons (Fsp3) is 0.167. The van der Waals surface area contributed by atoms with Crippen LogP contribution < -0.4 is 24.4 Å². The van der Waals surface area contributed by atoms with Crippen molar-refractivity contribution in [3.8, 4) is 23.0 Å². The Kier molecular flexibility index (Phi) is 7.22. The van der Waals surface area contributed by atoms with Crippen molar-refractivity contribution in [3.63, 3.8) is 0 Å². The molecular formula is C24H20Cl2N2O5. The van der Waals surface area contributed by atoms with Gasteiger partial charge in [0.25, 0.3) is 0 Å². The van der Waals surface area contributed by atoms with Gasteiger partial charge in [-0.2, -0.15) is 5.10 Å². The molecule has 170 valence electrons. The molecule has 4 rings (SSSR count). The van der Waals surface area contributed by atoms with Crippen LogP contribution in [0.15, 0.2) is 59.7 Å². The van der Waals surface area contributed by atoms with Crippen molar-refractivity contribution < 1.29 is 23.7 Å². The van der Waals surface area contributed by atoms with Gasteiger partial charge in [-0.1, -0.05) is 41.4 Å². The number of rotatable bonds is 8. The fourth-order valence-electron chi connectivity index (χ4n) is 3.15. The summed E-state index contributed by atoms with van der Waals surface area (Å²) in [5.74, 6) is 1.89. The van der Waals surface area contributed by atoms with Gasteiger partial charge in [0.05, 0.1) is 24.8 Å². The summed E-state index contributed by atoms with van der Waals surface area (Å²) in [5, 5.41) is 5.02. The first-order chi connectivity index (χ1) is 16.0. The van der Waals surface area contributed by atoms with Crippen molar-refractivity contribution in [2.45, 2.75) is 13.0 Å². The first kappa shape index (κ1) is 22.8. The van der Waals surface area contributed by atoms with Gasteiger partial charge in [0.2, 0.25) is 12.7 Å². The highest BCUT2D eigenvalue weighted by molar-refractivity contribution is 6.32. The summed E-state index contributed by atoms with van der Waals surface area (Å²) in [4.78, 5) is 12.2. The molecule has 3 aromatic carbocycles. The van der Waals surface area contributed by atoms with Crippen LogP contribution in [-0.2, 0) is 17.8 Å². The minimum absolute atomic E-state index is 0.148. The lowest BCUT2D eigenvalue weighted by Gasteiger charge is -2.13. The molecule has 1 amide bonds. The minimum Gasteiger partial charge on any atom is -0.493 e. The lowest BCUT2D eigenvalue weighted by Crippen LogP contribution is -2.19. The zero-order valence-corrected chi connectivity index (χ0v) is 19.2. The van der Waals surface area contributed by atoms with E-state index < -0.39 is 0 Å².